The van der Waals surface area contributed by atoms with E-state index >= 15 is 0 Å². The van der Waals surface area contributed by atoms with Crippen LogP contribution in [-0.2, 0) is 4.79 Å². The summed E-state index contributed by atoms with van der Waals surface area (Å²) in [6.45, 7) is 8.19. The minimum atomic E-state index is -0.155. The zero-order valence-electron chi connectivity index (χ0n) is 18.5. The minimum absolute atomic E-state index is 0.0182. The number of carbonyl (C=O) groups is 2. The molecule has 0 radical (unpaired) electrons. The number of nitrogens with zero attached hydrogens (tertiary/aromatic N) is 2. The maximum Gasteiger partial charge on any atom is 0.253 e. The van der Waals surface area contributed by atoms with E-state index in [2.05, 4.69) is 6.07 Å². The number of likely N-dealkylation sites (N-methyl/N-ethyl adjacent to an activating group) is 1. The van der Waals surface area contributed by atoms with Crippen LogP contribution in [0.2, 0.25) is 0 Å². The molecule has 0 aromatic heterocycles. The van der Waals surface area contributed by atoms with Gasteiger partial charge in [0, 0.05) is 25.7 Å². The topological polar surface area (TPSA) is 49.9 Å². The van der Waals surface area contributed by atoms with Crippen molar-refractivity contribution in [1.82, 2.24) is 9.80 Å². The number of benzene rings is 2. The number of ether oxygens (including phenoxy) is 1. The van der Waals surface area contributed by atoms with Gasteiger partial charge in [0.15, 0.2) is 0 Å². The Bertz CT molecular complexity index is 872. The van der Waals surface area contributed by atoms with E-state index < -0.39 is 0 Å². The average Bonchev–Trinajstić information content (AvgIpc) is 2.73. The predicted octanol–water partition coefficient (Wildman–Crippen LogP) is 4.00. The number of rotatable bonds is 6. The Kier molecular flexibility index (Phi) is 7.14. The van der Waals surface area contributed by atoms with Crippen LogP contribution in [0.25, 0.3) is 0 Å². The molecule has 160 valence electrons. The largest absolute Gasteiger partial charge is 0.492 e. The standard InChI is InChI=1S/C25H32N2O3/c1-18-7-9-23(10-8-18)30-13-12-26(4)24(28)21-6-5-11-27(17-21)25(29)22-15-19(2)14-20(3)16-22/h7-10,14-16,21H,5-6,11-13,17H2,1-4H3. The van der Waals surface area contributed by atoms with Gasteiger partial charge < -0.3 is 14.5 Å². The van der Waals surface area contributed by atoms with Crippen LogP contribution < -0.4 is 4.74 Å². The predicted molar refractivity (Wildman–Crippen MR) is 119 cm³/mol. The van der Waals surface area contributed by atoms with Crippen molar-refractivity contribution in [2.75, 3.05) is 33.3 Å². The highest BCUT2D eigenvalue weighted by molar-refractivity contribution is 5.95. The first-order chi connectivity index (χ1) is 14.3. The summed E-state index contributed by atoms with van der Waals surface area (Å²) in [5.41, 5.74) is 4.06. The molecule has 2 aromatic carbocycles. The zero-order valence-corrected chi connectivity index (χ0v) is 18.5. The van der Waals surface area contributed by atoms with E-state index in [-0.39, 0.29) is 17.7 Å². The first-order valence-corrected chi connectivity index (χ1v) is 10.7. The number of amides is 2. The molecule has 1 atom stereocenters. The monoisotopic (exact) mass is 408 g/mol. The van der Waals surface area contributed by atoms with E-state index in [1.54, 1.807) is 4.90 Å². The summed E-state index contributed by atoms with van der Waals surface area (Å²) in [6.07, 6.45) is 1.67. The molecule has 0 saturated carbocycles. The van der Waals surface area contributed by atoms with Gasteiger partial charge in [-0.2, -0.15) is 0 Å². The van der Waals surface area contributed by atoms with Gasteiger partial charge in [0.25, 0.3) is 5.91 Å². The van der Waals surface area contributed by atoms with Crippen LogP contribution in [0, 0.1) is 26.7 Å². The third-order valence-electron chi connectivity index (χ3n) is 5.62. The zero-order chi connectivity index (χ0) is 21.7. The second-order valence-electron chi connectivity index (χ2n) is 8.39. The van der Waals surface area contributed by atoms with Crippen LogP contribution in [0.1, 0.15) is 39.9 Å². The Labute approximate surface area is 179 Å². The fraction of sp³-hybridized carbons (Fsp3) is 0.440. The van der Waals surface area contributed by atoms with Crippen LogP contribution in [0.5, 0.6) is 5.75 Å². The molecule has 5 nitrogen and oxygen atoms in total. The van der Waals surface area contributed by atoms with Crippen molar-refractivity contribution >= 4 is 11.8 Å². The van der Waals surface area contributed by atoms with Gasteiger partial charge >= 0.3 is 0 Å². The van der Waals surface area contributed by atoms with Gasteiger partial charge in [-0.25, -0.2) is 0 Å². The van der Waals surface area contributed by atoms with Crippen LogP contribution in [-0.4, -0.2) is 54.9 Å². The lowest BCUT2D eigenvalue weighted by Gasteiger charge is -2.34. The lowest BCUT2D eigenvalue weighted by atomic mass is 9.95. The lowest BCUT2D eigenvalue weighted by Crippen LogP contribution is -2.46. The highest BCUT2D eigenvalue weighted by Crippen LogP contribution is 2.21. The molecule has 3 rings (SSSR count). The Morgan fingerprint density at radius 1 is 1.03 bits per heavy atom. The van der Waals surface area contributed by atoms with E-state index in [0.717, 1.165) is 29.7 Å². The summed E-state index contributed by atoms with van der Waals surface area (Å²) in [4.78, 5) is 29.5. The Hall–Kier alpha value is -2.82. The number of aryl methyl sites for hydroxylation is 3. The van der Waals surface area contributed by atoms with Gasteiger partial charge in [0.1, 0.15) is 12.4 Å². The van der Waals surface area contributed by atoms with E-state index in [1.807, 2.05) is 69.1 Å². The molecule has 1 unspecified atom stereocenters. The molecule has 30 heavy (non-hydrogen) atoms. The van der Waals surface area contributed by atoms with Crippen molar-refractivity contribution < 1.29 is 14.3 Å². The summed E-state index contributed by atoms with van der Waals surface area (Å²) in [5.74, 6) is 0.757. The number of hydrogen-bond acceptors (Lipinski definition) is 3. The first-order valence-electron chi connectivity index (χ1n) is 10.7. The quantitative estimate of drug-likeness (QED) is 0.726. The van der Waals surface area contributed by atoms with Crippen LogP contribution in [0.15, 0.2) is 42.5 Å². The smallest absolute Gasteiger partial charge is 0.253 e. The molecule has 1 aliphatic heterocycles. The highest BCUT2D eigenvalue weighted by Gasteiger charge is 2.30. The molecular formula is C25H32N2O3. The minimum Gasteiger partial charge on any atom is -0.492 e. The normalized spacial score (nSPS) is 16.3. The van der Waals surface area contributed by atoms with E-state index in [1.165, 1.54) is 5.56 Å². The number of piperidine rings is 1. The first kappa shape index (κ1) is 21.9. The lowest BCUT2D eigenvalue weighted by molar-refractivity contribution is -0.135. The van der Waals surface area contributed by atoms with Gasteiger partial charge in [-0.05, 0) is 57.9 Å². The number of hydrogen-bond donors (Lipinski definition) is 0. The van der Waals surface area contributed by atoms with Crippen LogP contribution in [0.4, 0.5) is 0 Å². The second kappa shape index (κ2) is 9.79. The van der Waals surface area contributed by atoms with Crippen molar-refractivity contribution in [3.63, 3.8) is 0 Å². The number of carbonyl (C=O) groups excluding carboxylic acids is 2. The van der Waals surface area contributed by atoms with Gasteiger partial charge in [0.2, 0.25) is 5.91 Å². The third kappa shape index (κ3) is 5.62. The highest BCUT2D eigenvalue weighted by atomic mass is 16.5. The molecule has 1 saturated heterocycles. The third-order valence-corrected chi connectivity index (χ3v) is 5.62. The molecule has 0 spiro atoms. The number of likely N-dealkylation sites (tertiary alicyclic amines) is 1. The molecule has 0 N–H and O–H groups in total. The van der Waals surface area contributed by atoms with E-state index in [4.69, 9.17) is 4.74 Å². The Morgan fingerprint density at radius 3 is 2.37 bits per heavy atom. The second-order valence-corrected chi connectivity index (χ2v) is 8.39. The maximum absolute atomic E-state index is 13.0. The van der Waals surface area contributed by atoms with Crippen LogP contribution >= 0.6 is 0 Å². The fourth-order valence-corrected chi connectivity index (χ4v) is 4.00. The van der Waals surface area contributed by atoms with Crippen molar-refractivity contribution in [3.8, 4) is 5.75 Å². The van der Waals surface area contributed by atoms with Crippen LogP contribution in [0.3, 0.4) is 0 Å². The molecular weight excluding hydrogens is 376 g/mol. The molecule has 1 fully saturated rings. The summed E-state index contributed by atoms with van der Waals surface area (Å²) in [5, 5.41) is 0. The Morgan fingerprint density at radius 2 is 1.70 bits per heavy atom. The molecule has 0 aliphatic carbocycles. The molecule has 1 heterocycles. The summed E-state index contributed by atoms with van der Waals surface area (Å²) >= 11 is 0. The van der Waals surface area contributed by atoms with Gasteiger partial charge in [-0.1, -0.05) is 34.9 Å². The SMILES string of the molecule is Cc1ccc(OCCN(C)C(=O)C2CCCN(C(=O)c3cc(C)cc(C)c3)C2)cc1. The van der Waals surface area contributed by atoms with E-state index in [0.29, 0.717) is 31.8 Å². The van der Waals surface area contributed by atoms with Crippen molar-refractivity contribution in [2.45, 2.75) is 33.6 Å². The molecule has 5 heteroatoms. The molecule has 1 aliphatic rings. The fourth-order valence-electron chi connectivity index (χ4n) is 4.00. The molecule has 2 amide bonds. The Balaban J connectivity index is 1.53. The van der Waals surface area contributed by atoms with Gasteiger partial charge in [-0.15, -0.1) is 0 Å². The summed E-state index contributed by atoms with van der Waals surface area (Å²) < 4.78 is 5.75. The van der Waals surface area contributed by atoms with Gasteiger partial charge in [-0.3, -0.25) is 9.59 Å². The summed E-state index contributed by atoms with van der Waals surface area (Å²) in [7, 11) is 1.81. The van der Waals surface area contributed by atoms with Crippen molar-refractivity contribution in [2.24, 2.45) is 5.92 Å². The average molecular weight is 409 g/mol. The maximum atomic E-state index is 13.0. The van der Waals surface area contributed by atoms with Crippen molar-refractivity contribution in [3.05, 3.63) is 64.7 Å². The summed E-state index contributed by atoms with van der Waals surface area (Å²) in [6, 6.07) is 13.8. The van der Waals surface area contributed by atoms with E-state index in [9.17, 15) is 9.59 Å². The van der Waals surface area contributed by atoms with Gasteiger partial charge in [0.05, 0.1) is 12.5 Å². The molecule has 2 aromatic rings. The van der Waals surface area contributed by atoms with Crippen molar-refractivity contribution in [1.29, 1.82) is 0 Å². The molecule has 0 bridgehead atoms.